The Hall–Kier alpha value is -2.19. The van der Waals surface area contributed by atoms with Gasteiger partial charge in [-0.1, -0.05) is 23.7 Å². The minimum Gasteiger partial charge on any atom is -0.326 e. The van der Waals surface area contributed by atoms with Crippen LogP contribution in [-0.2, 0) is 15.8 Å². The maximum atomic E-state index is 12.9. The monoisotopic (exact) mass is 400 g/mol. The zero-order valence-electron chi connectivity index (χ0n) is 13.1. The average Bonchev–Trinajstić information content (AvgIpc) is 2.56. The Labute approximate surface area is 156 Å². The highest BCUT2D eigenvalue weighted by atomic mass is 35.5. The van der Waals surface area contributed by atoms with E-state index in [1.165, 1.54) is 17.8 Å². The quantitative estimate of drug-likeness (QED) is 0.778. The Morgan fingerprint density at radius 3 is 2.69 bits per heavy atom. The molecule has 9 heteroatoms. The predicted molar refractivity (Wildman–Crippen MR) is 94.4 cm³/mol. The van der Waals surface area contributed by atoms with Crippen LogP contribution in [0, 0.1) is 0 Å². The van der Waals surface area contributed by atoms with Crippen molar-refractivity contribution in [2.75, 3.05) is 10.6 Å². The van der Waals surface area contributed by atoms with Crippen LogP contribution in [0.5, 0.6) is 0 Å². The van der Waals surface area contributed by atoms with Crippen molar-refractivity contribution in [1.82, 2.24) is 0 Å². The second kappa shape index (κ2) is 7.20. The molecule has 2 aromatic rings. The molecule has 1 atom stereocenters. The van der Waals surface area contributed by atoms with Crippen molar-refractivity contribution in [3.63, 3.8) is 0 Å². The fraction of sp³-hybridized carbons (Fsp3) is 0.176. The molecule has 0 spiro atoms. The first-order valence-electron chi connectivity index (χ1n) is 7.47. The molecule has 0 radical (unpaired) electrons. The van der Waals surface area contributed by atoms with Gasteiger partial charge in [0.15, 0.2) is 0 Å². The van der Waals surface area contributed by atoms with Crippen LogP contribution >= 0.6 is 23.4 Å². The minimum absolute atomic E-state index is 0.0339. The standard InChI is InChI=1S/C17H12ClF3N2O2S/c18-11-6-5-9(7-10(11)17(19,20)21)22-15(24)8-14-16(25)23-12-3-1-2-4-13(12)26-14/h1-7,14H,8H2,(H,22,24)(H,23,25)/t14-/m1/s1. The van der Waals surface area contributed by atoms with Crippen LogP contribution in [0.3, 0.4) is 0 Å². The molecule has 2 aromatic carbocycles. The van der Waals surface area contributed by atoms with Crippen LogP contribution in [-0.4, -0.2) is 17.1 Å². The van der Waals surface area contributed by atoms with Gasteiger partial charge in [-0.2, -0.15) is 13.2 Å². The highest BCUT2D eigenvalue weighted by Crippen LogP contribution is 2.38. The molecule has 4 nitrogen and oxygen atoms in total. The number of carbonyl (C=O) groups excluding carboxylic acids is 2. The molecular weight excluding hydrogens is 389 g/mol. The molecule has 0 unspecified atom stereocenters. The number of carbonyl (C=O) groups is 2. The molecule has 136 valence electrons. The Morgan fingerprint density at radius 2 is 1.96 bits per heavy atom. The third-order valence-corrected chi connectivity index (χ3v) is 5.24. The van der Waals surface area contributed by atoms with Crippen molar-refractivity contribution in [2.45, 2.75) is 22.7 Å². The van der Waals surface area contributed by atoms with E-state index in [0.29, 0.717) is 5.69 Å². The summed E-state index contributed by atoms with van der Waals surface area (Å²) in [6.45, 7) is 0. The van der Waals surface area contributed by atoms with E-state index in [9.17, 15) is 22.8 Å². The molecule has 1 aliphatic rings. The van der Waals surface area contributed by atoms with E-state index >= 15 is 0 Å². The van der Waals surface area contributed by atoms with Gasteiger partial charge in [0, 0.05) is 17.0 Å². The molecule has 1 aliphatic heterocycles. The predicted octanol–water partition coefficient (Wildman–Crippen LogP) is 4.80. The summed E-state index contributed by atoms with van der Waals surface area (Å²) in [5.74, 6) is -0.886. The summed E-state index contributed by atoms with van der Waals surface area (Å²) < 4.78 is 38.6. The summed E-state index contributed by atoms with van der Waals surface area (Å²) >= 11 is 6.79. The lowest BCUT2D eigenvalue weighted by molar-refractivity contribution is -0.137. The first kappa shape index (κ1) is 18.6. The Morgan fingerprint density at radius 1 is 1.23 bits per heavy atom. The average molecular weight is 401 g/mol. The molecule has 0 aliphatic carbocycles. The zero-order chi connectivity index (χ0) is 18.9. The largest absolute Gasteiger partial charge is 0.417 e. The molecule has 1 heterocycles. The highest BCUT2D eigenvalue weighted by Gasteiger charge is 2.34. The van der Waals surface area contributed by atoms with Gasteiger partial charge in [0.1, 0.15) is 0 Å². The van der Waals surface area contributed by atoms with Gasteiger partial charge in [0.25, 0.3) is 0 Å². The number of hydrogen-bond donors (Lipinski definition) is 2. The van der Waals surface area contributed by atoms with Crippen molar-refractivity contribution < 1.29 is 22.8 Å². The summed E-state index contributed by atoms with van der Waals surface area (Å²) in [6.07, 6.45) is -4.80. The lowest BCUT2D eigenvalue weighted by Crippen LogP contribution is -2.32. The van der Waals surface area contributed by atoms with Crippen LogP contribution < -0.4 is 10.6 Å². The SMILES string of the molecule is O=C(C[C@H]1Sc2ccccc2NC1=O)Nc1ccc(Cl)c(C(F)(F)F)c1. The molecule has 3 rings (SSSR count). The summed E-state index contributed by atoms with van der Waals surface area (Å²) in [7, 11) is 0. The van der Waals surface area contributed by atoms with Crippen LogP contribution in [0.1, 0.15) is 12.0 Å². The van der Waals surface area contributed by atoms with Gasteiger partial charge >= 0.3 is 6.18 Å². The van der Waals surface area contributed by atoms with Gasteiger partial charge in [0.2, 0.25) is 11.8 Å². The first-order chi connectivity index (χ1) is 12.2. The summed E-state index contributed by atoms with van der Waals surface area (Å²) in [5, 5.41) is 3.98. The molecule has 2 N–H and O–H groups in total. The maximum absolute atomic E-state index is 12.9. The topological polar surface area (TPSA) is 58.2 Å². The number of hydrogen-bond acceptors (Lipinski definition) is 3. The van der Waals surface area contributed by atoms with Gasteiger partial charge in [0.05, 0.1) is 21.5 Å². The smallest absolute Gasteiger partial charge is 0.326 e. The lowest BCUT2D eigenvalue weighted by Gasteiger charge is -2.23. The molecule has 26 heavy (non-hydrogen) atoms. The summed E-state index contributed by atoms with van der Waals surface area (Å²) in [5.41, 5.74) is -0.393. The van der Waals surface area contributed by atoms with Gasteiger partial charge < -0.3 is 10.6 Å². The Bertz CT molecular complexity index is 873. The summed E-state index contributed by atoms with van der Waals surface area (Å²) in [4.78, 5) is 25.1. The second-order valence-corrected chi connectivity index (χ2v) is 7.19. The highest BCUT2D eigenvalue weighted by molar-refractivity contribution is 8.01. The number of halogens is 4. The Balaban J connectivity index is 1.69. The second-order valence-electron chi connectivity index (χ2n) is 5.54. The number of amides is 2. The van der Waals surface area contributed by atoms with E-state index in [0.717, 1.165) is 17.0 Å². The van der Waals surface area contributed by atoms with Gasteiger partial charge in [-0.25, -0.2) is 0 Å². The third-order valence-electron chi connectivity index (χ3n) is 3.63. The molecule has 0 saturated carbocycles. The van der Waals surface area contributed by atoms with E-state index in [4.69, 9.17) is 11.6 Å². The van der Waals surface area contributed by atoms with E-state index in [1.54, 1.807) is 12.1 Å². The third kappa shape index (κ3) is 4.13. The van der Waals surface area contributed by atoms with Crippen molar-refractivity contribution in [1.29, 1.82) is 0 Å². The van der Waals surface area contributed by atoms with Gasteiger partial charge in [-0.05, 0) is 30.3 Å². The van der Waals surface area contributed by atoms with E-state index in [-0.39, 0.29) is 18.0 Å². The normalized spacial score (nSPS) is 16.6. The molecule has 0 aromatic heterocycles. The van der Waals surface area contributed by atoms with Crippen molar-refractivity contribution in [3.8, 4) is 0 Å². The molecular formula is C17H12ClF3N2O2S. The lowest BCUT2D eigenvalue weighted by atomic mass is 10.2. The molecule has 2 amide bonds. The van der Waals surface area contributed by atoms with Crippen LogP contribution in [0.4, 0.5) is 24.5 Å². The van der Waals surface area contributed by atoms with Crippen molar-refractivity contribution in [2.24, 2.45) is 0 Å². The van der Waals surface area contributed by atoms with Gasteiger partial charge in [-0.15, -0.1) is 11.8 Å². The molecule has 0 fully saturated rings. The zero-order valence-corrected chi connectivity index (χ0v) is 14.6. The number of para-hydroxylation sites is 1. The number of anilines is 2. The van der Waals surface area contributed by atoms with Crippen molar-refractivity contribution in [3.05, 3.63) is 53.1 Å². The first-order valence-corrected chi connectivity index (χ1v) is 8.73. The van der Waals surface area contributed by atoms with Crippen LogP contribution in [0.25, 0.3) is 0 Å². The Kier molecular flexibility index (Phi) is 5.15. The van der Waals surface area contributed by atoms with Crippen molar-refractivity contribution >= 4 is 46.6 Å². The van der Waals surface area contributed by atoms with E-state index < -0.39 is 27.9 Å². The number of nitrogens with one attached hydrogen (secondary N) is 2. The fourth-order valence-electron chi connectivity index (χ4n) is 2.43. The summed E-state index contributed by atoms with van der Waals surface area (Å²) in [6, 6.07) is 10.3. The number of fused-ring (bicyclic) bond motifs is 1. The maximum Gasteiger partial charge on any atom is 0.417 e. The molecule has 0 saturated heterocycles. The molecule has 0 bridgehead atoms. The number of rotatable bonds is 3. The number of alkyl halides is 3. The van der Waals surface area contributed by atoms with E-state index in [2.05, 4.69) is 10.6 Å². The minimum atomic E-state index is -4.62. The fourth-order valence-corrected chi connectivity index (χ4v) is 3.76. The van der Waals surface area contributed by atoms with Gasteiger partial charge in [-0.3, -0.25) is 9.59 Å². The van der Waals surface area contributed by atoms with E-state index in [1.807, 2.05) is 12.1 Å². The number of benzene rings is 2. The van der Waals surface area contributed by atoms with Crippen LogP contribution in [0.15, 0.2) is 47.4 Å². The van der Waals surface area contributed by atoms with Crippen LogP contribution in [0.2, 0.25) is 5.02 Å². The number of thioether (sulfide) groups is 1.